The molecule has 0 saturated heterocycles. The van der Waals surface area contributed by atoms with Crippen LogP contribution in [0.3, 0.4) is 0 Å². The van der Waals surface area contributed by atoms with Crippen molar-refractivity contribution in [3.8, 4) is 28.0 Å². The maximum atomic E-state index is 6.90. The summed E-state index contributed by atoms with van der Waals surface area (Å²) in [4.78, 5) is 4.77. The molecule has 2 aliphatic heterocycles. The van der Waals surface area contributed by atoms with Crippen LogP contribution in [0.4, 0.5) is 28.4 Å². The van der Waals surface area contributed by atoms with E-state index in [2.05, 4.69) is 204 Å². The van der Waals surface area contributed by atoms with Crippen LogP contribution in [0.1, 0.15) is 17.0 Å². The average Bonchev–Trinajstić information content (AvgIpc) is 3.91. The predicted octanol–water partition coefficient (Wildman–Crippen LogP) is 13.9. The number of ether oxygens (including phenoxy) is 1. The first kappa shape index (κ1) is 31.0. The molecule has 2 atom stereocenters. The van der Waals surface area contributed by atoms with Gasteiger partial charge in [0.05, 0.1) is 16.3 Å². The lowest BCUT2D eigenvalue weighted by Crippen LogP contribution is -2.32. The van der Waals surface area contributed by atoms with Gasteiger partial charge < -0.3 is 14.5 Å². The number of benzene rings is 8. The molecule has 0 aliphatic carbocycles. The minimum atomic E-state index is -0.127. The van der Waals surface area contributed by atoms with Crippen LogP contribution >= 0.6 is 11.3 Å². The lowest BCUT2D eigenvalue weighted by Gasteiger charge is -2.27. The first-order valence-corrected chi connectivity index (χ1v) is 19.3. The molecule has 4 heteroatoms. The van der Waals surface area contributed by atoms with Gasteiger partial charge in [-0.2, -0.15) is 0 Å². The van der Waals surface area contributed by atoms with Crippen LogP contribution in [0.25, 0.3) is 42.4 Å². The highest BCUT2D eigenvalue weighted by molar-refractivity contribution is 7.26. The minimum Gasteiger partial charge on any atom is -0.469 e. The van der Waals surface area contributed by atoms with E-state index >= 15 is 0 Å². The van der Waals surface area contributed by atoms with Crippen LogP contribution in [-0.2, 0) is 0 Å². The molecule has 0 spiro atoms. The Balaban J connectivity index is 1.01. The van der Waals surface area contributed by atoms with Crippen LogP contribution in [-0.4, -0.2) is 6.23 Å². The first-order valence-electron chi connectivity index (χ1n) is 18.5. The summed E-state index contributed by atoms with van der Waals surface area (Å²) in [5, 5.41) is 2.58. The summed E-state index contributed by atoms with van der Waals surface area (Å²) in [5.74, 6) is 1.10. The summed E-state index contributed by atoms with van der Waals surface area (Å²) >= 11 is 1.86. The van der Waals surface area contributed by atoms with Crippen molar-refractivity contribution in [2.75, 3.05) is 9.80 Å². The van der Waals surface area contributed by atoms with Gasteiger partial charge in [-0.15, -0.1) is 11.3 Å². The molecule has 11 rings (SSSR count). The lowest BCUT2D eigenvalue weighted by atomic mass is 9.91. The lowest BCUT2D eigenvalue weighted by molar-refractivity contribution is 0.234. The Hall–Kier alpha value is -6.62. The third-order valence-electron chi connectivity index (χ3n) is 11.0. The van der Waals surface area contributed by atoms with Crippen LogP contribution in [0.5, 0.6) is 5.75 Å². The molecule has 0 radical (unpaired) electrons. The van der Waals surface area contributed by atoms with Gasteiger partial charge in [0.25, 0.3) is 0 Å². The van der Waals surface area contributed by atoms with Gasteiger partial charge in [-0.1, -0.05) is 133 Å². The third-order valence-corrected chi connectivity index (χ3v) is 12.2. The zero-order valence-electron chi connectivity index (χ0n) is 29.3. The van der Waals surface area contributed by atoms with Gasteiger partial charge in [-0.3, -0.25) is 0 Å². The van der Waals surface area contributed by atoms with Crippen LogP contribution in [0.15, 0.2) is 194 Å². The van der Waals surface area contributed by atoms with Gasteiger partial charge in [0, 0.05) is 43.8 Å². The van der Waals surface area contributed by atoms with Gasteiger partial charge in [0.2, 0.25) is 0 Å². The van der Waals surface area contributed by atoms with E-state index in [1.807, 2.05) is 11.3 Å². The van der Waals surface area contributed by atoms with Gasteiger partial charge in [-0.05, 0) is 88.5 Å². The SMILES string of the molecule is c1ccc(-c2ccc(N(c3cccc(-c4ccc5c(c4)OC4C5c5ccccc5N4c4ccccc4)c3)c3cccc4c3sc3ccccc34)cc2)cc1. The van der Waals surface area contributed by atoms with Gasteiger partial charge in [-0.25, -0.2) is 0 Å². The van der Waals surface area contributed by atoms with E-state index < -0.39 is 0 Å². The quantitative estimate of drug-likeness (QED) is 0.171. The highest BCUT2D eigenvalue weighted by Crippen LogP contribution is 2.55. The molecule has 8 aromatic carbocycles. The molecule has 1 aromatic heterocycles. The second-order valence-electron chi connectivity index (χ2n) is 14.1. The van der Waals surface area contributed by atoms with Gasteiger partial charge in [0.15, 0.2) is 6.23 Å². The van der Waals surface area contributed by atoms with E-state index in [0.717, 1.165) is 33.9 Å². The maximum absolute atomic E-state index is 6.90. The van der Waals surface area contributed by atoms with Crippen molar-refractivity contribution >= 4 is 59.9 Å². The van der Waals surface area contributed by atoms with E-state index in [4.69, 9.17) is 4.74 Å². The summed E-state index contributed by atoms with van der Waals surface area (Å²) in [7, 11) is 0. The van der Waals surface area contributed by atoms with Crippen molar-refractivity contribution in [3.05, 3.63) is 205 Å². The largest absolute Gasteiger partial charge is 0.469 e. The number of fused-ring (bicyclic) bond motifs is 8. The van der Waals surface area contributed by atoms with Crippen molar-refractivity contribution < 1.29 is 4.74 Å². The summed E-state index contributed by atoms with van der Waals surface area (Å²) in [6.45, 7) is 0. The fourth-order valence-corrected chi connectivity index (χ4v) is 9.73. The van der Waals surface area contributed by atoms with Crippen molar-refractivity contribution in [1.29, 1.82) is 0 Å². The van der Waals surface area contributed by atoms with Crippen LogP contribution in [0.2, 0.25) is 0 Å². The topological polar surface area (TPSA) is 15.7 Å². The number of thiophene rings is 1. The molecule has 2 unspecified atom stereocenters. The number of para-hydroxylation sites is 2. The molecule has 3 heterocycles. The van der Waals surface area contributed by atoms with E-state index in [0.29, 0.717) is 0 Å². The highest BCUT2D eigenvalue weighted by Gasteiger charge is 2.47. The molecule has 0 bridgehead atoms. The molecule has 2 aliphatic rings. The third kappa shape index (κ3) is 4.95. The average molecular weight is 711 g/mol. The Bertz CT molecular complexity index is 2830. The molecule has 54 heavy (non-hydrogen) atoms. The van der Waals surface area contributed by atoms with E-state index in [9.17, 15) is 0 Å². The maximum Gasteiger partial charge on any atom is 0.187 e. The fourth-order valence-electron chi connectivity index (χ4n) is 8.52. The summed E-state index contributed by atoms with van der Waals surface area (Å²) in [5.41, 5.74) is 13.0. The number of anilines is 5. The number of nitrogens with zero attached hydrogens (tertiary/aromatic N) is 2. The number of hydrogen-bond acceptors (Lipinski definition) is 4. The molecule has 9 aromatic rings. The van der Waals surface area contributed by atoms with Crippen LogP contribution < -0.4 is 14.5 Å². The Morgan fingerprint density at radius 1 is 0.481 bits per heavy atom. The van der Waals surface area contributed by atoms with Crippen molar-refractivity contribution in [2.45, 2.75) is 12.1 Å². The Kier molecular flexibility index (Phi) is 7.17. The van der Waals surface area contributed by atoms with Crippen molar-refractivity contribution in [1.82, 2.24) is 0 Å². The molecule has 0 saturated carbocycles. The highest BCUT2D eigenvalue weighted by atomic mass is 32.1. The Morgan fingerprint density at radius 2 is 1.15 bits per heavy atom. The Morgan fingerprint density at radius 3 is 2.02 bits per heavy atom. The van der Waals surface area contributed by atoms with Crippen LogP contribution in [0, 0.1) is 0 Å². The van der Waals surface area contributed by atoms with Gasteiger partial charge >= 0.3 is 0 Å². The predicted molar refractivity (Wildman–Crippen MR) is 226 cm³/mol. The van der Waals surface area contributed by atoms with Crippen molar-refractivity contribution in [3.63, 3.8) is 0 Å². The summed E-state index contributed by atoms with van der Waals surface area (Å²) in [6, 6.07) is 70.0. The fraction of sp³-hybridized carbons (Fsp3) is 0.0400. The molecule has 0 amide bonds. The molecular weight excluding hydrogens is 677 g/mol. The molecule has 0 N–H and O–H groups in total. The normalized spacial score (nSPS) is 15.5. The Labute approximate surface area is 318 Å². The van der Waals surface area contributed by atoms with Crippen molar-refractivity contribution in [2.24, 2.45) is 0 Å². The van der Waals surface area contributed by atoms with Gasteiger partial charge in [0.1, 0.15) is 5.75 Å². The zero-order chi connectivity index (χ0) is 35.6. The number of hydrogen-bond donors (Lipinski definition) is 0. The molecule has 256 valence electrons. The smallest absolute Gasteiger partial charge is 0.187 e. The summed E-state index contributed by atoms with van der Waals surface area (Å²) < 4.78 is 9.47. The molecular formula is C50H34N2OS. The van der Waals surface area contributed by atoms with E-state index in [1.165, 1.54) is 53.8 Å². The second-order valence-corrected chi connectivity index (χ2v) is 15.1. The molecule has 0 fully saturated rings. The van der Waals surface area contributed by atoms with E-state index in [1.54, 1.807) is 0 Å². The first-order chi connectivity index (χ1) is 26.8. The number of rotatable bonds is 6. The molecule has 3 nitrogen and oxygen atoms in total. The standard InChI is InChI=1S/C50H34N2OS/c1-3-13-33(14-4-1)34-25-28-38(29-26-34)51(45-23-12-21-41-40-19-8-10-24-47(40)54-49(41)45)39-18-11-15-35(31-39)36-27-30-43-46(32-36)53-50-48(43)42-20-7-9-22-44(42)52(50)37-16-5-2-6-17-37/h1-32,48,50H. The van der Waals surface area contributed by atoms with E-state index in [-0.39, 0.29) is 12.1 Å². The summed E-state index contributed by atoms with van der Waals surface area (Å²) in [6.07, 6.45) is -0.127. The second kappa shape index (κ2) is 12.5. The minimum absolute atomic E-state index is 0.127. The zero-order valence-corrected chi connectivity index (χ0v) is 30.2. The monoisotopic (exact) mass is 710 g/mol.